The summed E-state index contributed by atoms with van der Waals surface area (Å²) in [6.07, 6.45) is 1.45. The SMILES string of the molecule is CCOC(=O)c1cnc2c(-c3ccccc3)c(-c3ccccc3)nn2c1N. The zero-order valence-electron chi connectivity index (χ0n) is 14.8. The monoisotopic (exact) mass is 358 g/mol. The van der Waals surface area contributed by atoms with Gasteiger partial charge in [-0.25, -0.2) is 9.78 Å². The van der Waals surface area contributed by atoms with Crippen LogP contribution >= 0.6 is 0 Å². The Hall–Kier alpha value is -3.67. The largest absolute Gasteiger partial charge is 0.462 e. The summed E-state index contributed by atoms with van der Waals surface area (Å²) in [5.74, 6) is -0.305. The molecule has 0 bridgehead atoms. The summed E-state index contributed by atoms with van der Waals surface area (Å²) in [5.41, 5.74) is 10.6. The first-order valence-corrected chi connectivity index (χ1v) is 8.66. The van der Waals surface area contributed by atoms with Gasteiger partial charge in [0.15, 0.2) is 5.65 Å². The lowest BCUT2D eigenvalue weighted by atomic mass is 10.0. The molecule has 0 aliphatic carbocycles. The molecule has 2 N–H and O–H groups in total. The van der Waals surface area contributed by atoms with Crippen molar-refractivity contribution in [2.75, 3.05) is 12.3 Å². The fourth-order valence-corrected chi connectivity index (χ4v) is 3.04. The first kappa shape index (κ1) is 16.8. The molecule has 0 saturated heterocycles. The minimum atomic E-state index is -0.512. The molecule has 2 heterocycles. The number of benzene rings is 2. The second kappa shape index (κ2) is 6.92. The van der Waals surface area contributed by atoms with Gasteiger partial charge in [-0.15, -0.1) is 0 Å². The van der Waals surface area contributed by atoms with E-state index in [0.29, 0.717) is 5.65 Å². The molecule has 0 atom stereocenters. The molecule has 0 aliphatic heterocycles. The number of carbonyl (C=O) groups excluding carboxylic acids is 1. The van der Waals surface area contributed by atoms with E-state index >= 15 is 0 Å². The zero-order chi connectivity index (χ0) is 18.8. The van der Waals surface area contributed by atoms with Crippen molar-refractivity contribution in [1.82, 2.24) is 14.6 Å². The molecule has 134 valence electrons. The van der Waals surface area contributed by atoms with Gasteiger partial charge in [-0.3, -0.25) is 0 Å². The van der Waals surface area contributed by atoms with Crippen LogP contribution in [0.25, 0.3) is 28.0 Å². The van der Waals surface area contributed by atoms with Crippen molar-refractivity contribution in [2.24, 2.45) is 0 Å². The predicted octanol–water partition coefficient (Wildman–Crippen LogP) is 3.82. The van der Waals surface area contributed by atoms with Crippen LogP contribution in [0.3, 0.4) is 0 Å². The highest BCUT2D eigenvalue weighted by Gasteiger charge is 2.22. The smallest absolute Gasteiger partial charge is 0.343 e. The van der Waals surface area contributed by atoms with E-state index in [2.05, 4.69) is 10.1 Å². The molecule has 0 saturated carbocycles. The van der Waals surface area contributed by atoms with Gasteiger partial charge in [-0.1, -0.05) is 60.7 Å². The van der Waals surface area contributed by atoms with Gasteiger partial charge in [0.2, 0.25) is 0 Å². The third kappa shape index (κ3) is 2.91. The molecule has 0 fully saturated rings. The Labute approximate surface area is 156 Å². The number of carbonyl (C=O) groups is 1. The number of fused-ring (bicyclic) bond motifs is 1. The normalized spacial score (nSPS) is 10.9. The predicted molar refractivity (Wildman–Crippen MR) is 104 cm³/mol. The Morgan fingerprint density at radius 2 is 1.67 bits per heavy atom. The maximum Gasteiger partial charge on any atom is 0.343 e. The summed E-state index contributed by atoms with van der Waals surface area (Å²) in [6, 6.07) is 19.7. The standard InChI is InChI=1S/C21H18N4O2/c1-2-27-21(26)16-13-23-20-17(14-9-5-3-6-10-14)18(24-25(20)19(16)22)15-11-7-4-8-12-15/h3-13H,2,22H2,1H3. The Morgan fingerprint density at radius 3 is 2.30 bits per heavy atom. The Bertz CT molecular complexity index is 1110. The number of anilines is 1. The van der Waals surface area contributed by atoms with Gasteiger partial charge >= 0.3 is 5.97 Å². The molecule has 6 nitrogen and oxygen atoms in total. The molecular weight excluding hydrogens is 340 g/mol. The molecule has 6 heteroatoms. The summed E-state index contributed by atoms with van der Waals surface area (Å²) in [6.45, 7) is 2.01. The highest BCUT2D eigenvalue weighted by Crippen LogP contribution is 2.35. The van der Waals surface area contributed by atoms with E-state index in [9.17, 15) is 4.79 Å². The van der Waals surface area contributed by atoms with Crippen molar-refractivity contribution < 1.29 is 9.53 Å². The number of hydrogen-bond acceptors (Lipinski definition) is 5. The van der Waals surface area contributed by atoms with Crippen molar-refractivity contribution in [3.8, 4) is 22.4 Å². The molecule has 0 spiro atoms. The van der Waals surface area contributed by atoms with Gasteiger partial charge < -0.3 is 10.5 Å². The Morgan fingerprint density at radius 1 is 1.04 bits per heavy atom. The molecule has 0 aliphatic rings. The van der Waals surface area contributed by atoms with E-state index in [0.717, 1.165) is 22.4 Å². The fraction of sp³-hybridized carbons (Fsp3) is 0.0952. The number of nitrogen functional groups attached to an aromatic ring is 1. The number of aromatic nitrogens is 3. The van der Waals surface area contributed by atoms with Crippen LogP contribution in [0.15, 0.2) is 66.9 Å². The number of nitrogens with zero attached hydrogens (tertiary/aromatic N) is 3. The van der Waals surface area contributed by atoms with Gasteiger partial charge in [0.1, 0.15) is 17.1 Å². The van der Waals surface area contributed by atoms with Crippen LogP contribution in [-0.2, 0) is 4.74 Å². The van der Waals surface area contributed by atoms with E-state index in [4.69, 9.17) is 10.5 Å². The molecule has 27 heavy (non-hydrogen) atoms. The molecule has 2 aromatic heterocycles. The third-order valence-electron chi connectivity index (χ3n) is 4.29. The minimum Gasteiger partial charge on any atom is -0.462 e. The maximum absolute atomic E-state index is 12.2. The lowest BCUT2D eigenvalue weighted by Crippen LogP contribution is -2.12. The fourth-order valence-electron chi connectivity index (χ4n) is 3.04. The minimum absolute atomic E-state index is 0.200. The molecule has 4 aromatic rings. The molecule has 0 unspecified atom stereocenters. The van der Waals surface area contributed by atoms with Crippen LogP contribution in [0.4, 0.5) is 5.82 Å². The summed E-state index contributed by atoms with van der Waals surface area (Å²) in [5, 5.41) is 4.68. The van der Waals surface area contributed by atoms with Gasteiger partial charge in [-0.2, -0.15) is 9.61 Å². The second-order valence-corrected chi connectivity index (χ2v) is 5.97. The number of hydrogen-bond donors (Lipinski definition) is 1. The van der Waals surface area contributed by atoms with E-state index in [1.54, 1.807) is 6.92 Å². The number of rotatable bonds is 4. The van der Waals surface area contributed by atoms with E-state index in [1.807, 2.05) is 60.7 Å². The number of ether oxygens (including phenoxy) is 1. The quantitative estimate of drug-likeness (QED) is 0.561. The van der Waals surface area contributed by atoms with Crippen molar-refractivity contribution >= 4 is 17.4 Å². The van der Waals surface area contributed by atoms with E-state index in [-0.39, 0.29) is 18.0 Å². The van der Waals surface area contributed by atoms with Crippen LogP contribution in [0.2, 0.25) is 0 Å². The van der Waals surface area contributed by atoms with Gasteiger partial charge in [0, 0.05) is 11.8 Å². The summed E-state index contributed by atoms with van der Waals surface area (Å²) >= 11 is 0. The molecular formula is C21H18N4O2. The summed E-state index contributed by atoms with van der Waals surface area (Å²) in [7, 11) is 0. The van der Waals surface area contributed by atoms with E-state index < -0.39 is 5.97 Å². The van der Waals surface area contributed by atoms with Crippen molar-refractivity contribution in [3.63, 3.8) is 0 Å². The van der Waals surface area contributed by atoms with Crippen LogP contribution in [0, 0.1) is 0 Å². The summed E-state index contributed by atoms with van der Waals surface area (Å²) in [4.78, 5) is 16.6. The maximum atomic E-state index is 12.2. The summed E-state index contributed by atoms with van der Waals surface area (Å²) < 4.78 is 6.57. The van der Waals surface area contributed by atoms with Gasteiger partial charge in [-0.05, 0) is 12.5 Å². The first-order chi connectivity index (χ1) is 13.2. The highest BCUT2D eigenvalue weighted by molar-refractivity contribution is 5.96. The lowest BCUT2D eigenvalue weighted by molar-refractivity contribution is 0.0526. The second-order valence-electron chi connectivity index (χ2n) is 5.97. The topological polar surface area (TPSA) is 82.5 Å². The lowest BCUT2D eigenvalue weighted by Gasteiger charge is -2.06. The zero-order valence-corrected chi connectivity index (χ0v) is 14.8. The van der Waals surface area contributed by atoms with Crippen LogP contribution in [0.5, 0.6) is 0 Å². The number of nitrogens with two attached hydrogens (primary N) is 1. The first-order valence-electron chi connectivity index (χ1n) is 8.66. The molecule has 0 amide bonds. The molecule has 0 radical (unpaired) electrons. The molecule has 2 aromatic carbocycles. The van der Waals surface area contributed by atoms with Crippen molar-refractivity contribution in [1.29, 1.82) is 0 Å². The highest BCUT2D eigenvalue weighted by atomic mass is 16.5. The van der Waals surface area contributed by atoms with Gasteiger partial charge in [0.05, 0.1) is 12.2 Å². The van der Waals surface area contributed by atoms with E-state index in [1.165, 1.54) is 10.7 Å². The van der Waals surface area contributed by atoms with Crippen LogP contribution < -0.4 is 5.73 Å². The van der Waals surface area contributed by atoms with Crippen molar-refractivity contribution in [3.05, 3.63) is 72.4 Å². The van der Waals surface area contributed by atoms with Crippen molar-refractivity contribution in [2.45, 2.75) is 6.92 Å². The third-order valence-corrected chi connectivity index (χ3v) is 4.29. The Balaban J connectivity index is 2.01. The number of esters is 1. The van der Waals surface area contributed by atoms with Crippen LogP contribution in [0.1, 0.15) is 17.3 Å². The Kier molecular flexibility index (Phi) is 4.30. The van der Waals surface area contributed by atoms with Crippen LogP contribution in [-0.4, -0.2) is 27.2 Å². The average Bonchev–Trinajstić information content (AvgIpc) is 3.10. The van der Waals surface area contributed by atoms with Gasteiger partial charge in [0.25, 0.3) is 0 Å². The molecule has 4 rings (SSSR count). The average molecular weight is 358 g/mol.